The lowest BCUT2D eigenvalue weighted by Crippen LogP contribution is -2.32. The minimum Gasteiger partial charge on any atom is -0.463 e. The molecule has 26 heavy (non-hydrogen) atoms. The van der Waals surface area contributed by atoms with Gasteiger partial charge < -0.3 is 9.73 Å². The standard InChI is InChI=1S/C16H14BrF3N4O2/c1-3-8(2)21-15(25)13-12(17)14-22-9(10-5-4-6-26-10)7-11(16(18,19)20)24(14)23-13/h4-8H,3H2,1-2H3,(H,21,25)/t8-/m0/s1. The van der Waals surface area contributed by atoms with E-state index in [1.165, 1.54) is 12.3 Å². The molecule has 0 spiro atoms. The van der Waals surface area contributed by atoms with Crippen LogP contribution in [0.3, 0.4) is 0 Å². The molecule has 3 heterocycles. The fourth-order valence-corrected chi connectivity index (χ4v) is 2.80. The van der Waals surface area contributed by atoms with Crippen LogP contribution in [0.4, 0.5) is 13.2 Å². The molecule has 138 valence electrons. The van der Waals surface area contributed by atoms with Crippen LogP contribution >= 0.6 is 15.9 Å². The average molecular weight is 431 g/mol. The molecule has 0 aliphatic carbocycles. The number of fused-ring (bicyclic) bond motifs is 1. The first-order chi connectivity index (χ1) is 12.2. The molecule has 3 aromatic rings. The molecular formula is C16H14BrF3N4O2. The van der Waals surface area contributed by atoms with Gasteiger partial charge in [-0.3, -0.25) is 4.79 Å². The molecule has 0 aliphatic rings. The number of hydrogen-bond acceptors (Lipinski definition) is 4. The van der Waals surface area contributed by atoms with E-state index in [2.05, 4.69) is 31.3 Å². The molecule has 10 heteroatoms. The van der Waals surface area contributed by atoms with E-state index in [1.807, 2.05) is 6.92 Å². The van der Waals surface area contributed by atoms with E-state index >= 15 is 0 Å². The highest BCUT2D eigenvalue weighted by atomic mass is 79.9. The molecule has 0 saturated carbocycles. The third-order valence-corrected chi connectivity index (χ3v) is 4.53. The van der Waals surface area contributed by atoms with Gasteiger partial charge in [-0.2, -0.15) is 18.3 Å². The highest BCUT2D eigenvalue weighted by molar-refractivity contribution is 9.10. The summed E-state index contributed by atoms with van der Waals surface area (Å²) in [6.07, 6.45) is -2.69. The lowest BCUT2D eigenvalue weighted by molar-refractivity contribution is -0.142. The first kappa shape index (κ1) is 18.4. The lowest BCUT2D eigenvalue weighted by atomic mass is 10.2. The van der Waals surface area contributed by atoms with Crippen molar-refractivity contribution in [2.45, 2.75) is 32.5 Å². The summed E-state index contributed by atoms with van der Waals surface area (Å²) in [4.78, 5) is 16.5. The maximum Gasteiger partial charge on any atom is 0.433 e. The molecular weight excluding hydrogens is 417 g/mol. The van der Waals surface area contributed by atoms with Gasteiger partial charge in [0.15, 0.2) is 22.8 Å². The second-order valence-corrected chi connectivity index (χ2v) is 6.48. The summed E-state index contributed by atoms with van der Waals surface area (Å²) < 4.78 is 46.4. The van der Waals surface area contributed by atoms with Crippen molar-refractivity contribution in [2.24, 2.45) is 0 Å². The fraction of sp³-hybridized carbons (Fsp3) is 0.312. The van der Waals surface area contributed by atoms with Crippen molar-refractivity contribution in [2.75, 3.05) is 0 Å². The Morgan fingerprint density at radius 3 is 2.77 bits per heavy atom. The number of carbonyl (C=O) groups excluding carboxylic acids is 1. The van der Waals surface area contributed by atoms with E-state index in [1.54, 1.807) is 13.0 Å². The summed E-state index contributed by atoms with van der Waals surface area (Å²) in [5.41, 5.74) is -1.36. The molecule has 0 fully saturated rings. The molecule has 1 N–H and O–H groups in total. The molecule has 3 rings (SSSR count). The van der Waals surface area contributed by atoms with E-state index in [0.717, 1.165) is 6.07 Å². The molecule has 6 nitrogen and oxygen atoms in total. The van der Waals surface area contributed by atoms with Crippen molar-refractivity contribution in [3.05, 3.63) is 40.3 Å². The summed E-state index contributed by atoms with van der Waals surface area (Å²) in [7, 11) is 0. The van der Waals surface area contributed by atoms with Gasteiger partial charge in [-0.25, -0.2) is 9.50 Å². The second-order valence-electron chi connectivity index (χ2n) is 5.68. The van der Waals surface area contributed by atoms with Gasteiger partial charge in [0.2, 0.25) is 0 Å². The number of hydrogen-bond donors (Lipinski definition) is 1. The Hall–Kier alpha value is -2.36. The van der Waals surface area contributed by atoms with Gasteiger partial charge in [0.1, 0.15) is 5.69 Å². The van der Waals surface area contributed by atoms with E-state index in [4.69, 9.17) is 4.42 Å². The van der Waals surface area contributed by atoms with Crippen LogP contribution in [-0.2, 0) is 6.18 Å². The van der Waals surface area contributed by atoms with Gasteiger partial charge in [-0.1, -0.05) is 6.92 Å². The van der Waals surface area contributed by atoms with Crippen molar-refractivity contribution in [3.8, 4) is 11.5 Å². The number of halogens is 4. The summed E-state index contributed by atoms with van der Waals surface area (Å²) in [6.45, 7) is 3.67. The van der Waals surface area contributed by atoms with Crippen molar-refractivity contribution < 1.29 is 22.4 Å². The van der Waals surface area contributed by atoms with Crippen LogP contribution < -0.4 is 5.32 Å². The monoisotopic (exact) mass is 430 g/mol. The number of carbonyl (C=O) groups is 1. The molecule has 0 radical (unpaired) electrons. The predicted octanol–water partition coefficient (Wildman–Crippen LogP) is 4.30. The summed E-state index contributed by atoms with van der Waals surface area (Å²) >= 11 is 3.16. The molecule has 0 unspecified atom stereocenters. The van der Waals surface area contributed by atoms with Crippen LogP contribution in [0, 0.1) is 0 Å². The van der Waals surface area contributed by atoms with E-state index in [0.29, 0.717) is 10.9 Å². The lowest BCUT2D eigenvalue weighted by Gasteiger charge is -2.10. The Morgan fingerprint density at radius 1 is 1.46 bits per heavy atom. The van der Waals surface area contributed by atoms with Crippen LogP contribution in [0.2, 0.25) is 0 Å². The topological polar surface area (TPSA) is 72.4 Å². The normalized spacial score (nSPS) is 13.2. The van der Waals surface area contributed by atoms with Gasteiger partial charge in [-0.15, -0.1) is 0 Å². The zero-order valence-electron chi connectivity index (χ0n) is 13.8. The summed E-state index contributed by atoms with van der Waals surface area (Å²) in [5.74, 6) is -0.402. The Bertz CT molecular complexity index is 951. The molecule has 0 bridgehead atoms. The Kier molecular flexibility index (Phi) is 4.78. The number of furan rings is 1. The molecule has 1 atom stereocenters. The third kappa shape index (κ3) is 3.33. The van der Waals surface area contributed by atoms with Gasteiger partial charge in [0.25, 0.3) is 5.91 Å². The summed E-state index contributed by atoms with van der Waals surface area (Å²) in [5, 5.41) is 6.51. The van der Waals surface area contributed by atoms with Crippen molar-refractivity contribution in [1.82, 2.24) is 19.9 Å². The predicted molar refractivity (Wildman–Crippen MR) is 90.6 cm³/mol. The molecule has 0 aromatic carbocycles. The number of aromatic nitrogens is 3. The Morgan fingerprint density at radius 2 is 2.19 bits per heavy atom. The zero-order valence-corrected chi connectivity index (χ0v) is 15.3. The van der Waals surface area contributed by atoms with Crippen LogP contribution in [-0.4, -0.2) is 26.5 Å². The van der Waals surface area contributed by atoms with Crippen molar-refractivity contribution in [3.63, 3.8) is 0 Å². The number of nitrogens with one attached hydrogen (secondary N) is 1. The third-order valence-electron chi connectivity index (χ3n) is 3.80. The molecule has 1 amide bonds. The van der Waals surface area contributed by atoms with Crippen LogP contribution in [0.25, 0.3) is 17.1 Å². The molecule has 3 aromatic heterocycles. The molecule has 0 aliphatic heterocycles. The first-order valence-corrected chi connectivity index (χ1v) is 8.52. The van der Waals surface area contributed by atoms with Gasteiger partial charge in [-0.05, 0) is 47.5 Å². The van der Waals surface area contributed by atoms with Gasteiger partial charge in [0.05, 0.1) is 10.7 Å². The number of alkyl halides is 3. The maximum atomic E-state index is 13.5. The SMILES string of the molecule is CC[C@H](C)NC(=O)c1nn2c(C(F)(F)F)cc(-c3ccco3)nc2c1Br. The number of rotatable bonds is 4. The zero-order chi connectivity index (χ0) is 19.1. The first-order valence-electron chi connectivity index (χ1n) is 7.73. The van der Waals surface area contributed by atoms with Crippen molar-refractivity contribution >= 4 is 27.5 Å². The number of amides is 1. The minimum absolute atomic E-state index is 0.00990. The molecule has 0 saturated heterocycles. The minimum atomic E-state index is -4.70. The highest BCUT2D eigenvalue weighted by Gasteiger charge is 2.37. The summed E-state index contributed by atoms with van der Waals surface area (Å²) in [6, 6.07) is 3.74. The average Bonchev–Trinajstić information content (AvgIpc) is 3.21. The maximum absolute atomic E-state index is 13.5. The number of nitrogens with zero attached hydrogens (tertiary/aromatic N) is 3. The smallest absolute Gasteiger partial charge is 0.433 e. The van der Waals surface area contributed by atoms with Gasteiger partial charge >= 0.3 is 6.18 Å². The van der Waals surface area contributed by atoms with E-state index in [9.17, 15) is 18.0 Å². The van der Waals surface area contributed by atoms with E-state index < -0.39 is 17.8 Å². The fourth-order valence-electron chi connectivity index (χ4n) is 2.28. The highest BCUT2D eigenvalue weighted by Crippen LogP contribution is 2.34. The van der Waals surface area contributed by atoms with Gasteiger partial charge in [0, 0.05) is 6.04 Å². The Balaban J connectivity index is 2.20. The van der Waals surface area contributed by atoms with Crippen LogP contribution in [0.5, 0.6) is 0 Å². The van der Waals surface area contributed by atoms with Crippen molar-refractivity contribution in [1.29, 1.82) is 0 Å². The largest absolute Gasteiger partial charge is 0.463 e. The quantitative estimate of drug-likeness (QED) is 0.669. The Labute approximate surface area is 154 Å². The van der Waals surface area contributed by atoms with Crippen LogP contribution in [0.1, 0.15) is 36.5 Å². The van der Waals surface area contributed by atoms with Crippen LogP contribution in [0.15, 0.2) is 33.4 Å². The van der Waals surface area contributed by atoms with E-state index in [-0.39, 0.29) is 33.3 Å². The second kappa shape index (κ2) is 6.75.